The maximum absolute atomic E-state index is 12.4. The van der Waals surface area contributed by atoms with Gasteiger partial charge in [0.2, 0.25) is 0 Å². The Bertz CT molecular complexity index is 717. The van der Waals surface area contributed by atoms with Crippen LogP contribution in [-0.2, 0) is 4.79 Å². The second-order valence-corrected chi connectivity index (χ2v) is 6.32. The van der Waals surface area contributed by atoms with Crippen molar-refractivity contribution >= 4 is 23.2 Å². The van der Waals surface area contributed by atoms with Crippen LogP contribution in [0.5, 0.6) is 5.75 Å². The van der Waals surface area contributed by atoms with E-state index in [1.807, 2.05) is 58.0 Å². The van der Waals surface area contributed by atoms with Crippen LogP contribution in [-0.4, -0.2) is 12.0 Å². The van der Waals surface area contributed by atoms with Crippen molar-refractivity contribution in [2.75, 3.05) is 5.32 Å². The minimum Gasteiger partial charge on any atom is -0.481 e. The molecule has 0 radical (unpaired) electrons. The summed E-state index contributed by atoms with van der Waals surface area (Å²) in [7, 11) is 0. The molecule has 1 amide bonds. The van der Waals surface area contributed by atoms with Crippen molar-refractivity contribution in [3.63, 3.8) is 0 Å². The molecule has 3 nitrogen and oxygen atoms in total. The molecule has 122 valence electrons. The Balaban J connectivity index is 2.10. The molecule has 4 heteroatoms. The van der Waals surface area contributed by atoms with Gasteiger partial charge in [0.25, 0.3) is 5.91 Å². The number of anilines is 1. The van der Waals surface area contributed by atoms with Gasteiger partial charge < -0.3 is 10.1 Å². The summed E-state index contributed by atoms with van der Waals surface area (Å²) in [5.74, 6) is 0.469. The molecule has 0 aromatic heterocycles. The molecular formula is C19H22ClNO2. The van der Waals surface area contributed by atoms with Crippen LogP contribution in [0, 0.1) is 27.7 Å². The van der Waals surface area contributed by atoms with Gasteiger partial charge in [-0.2, -0.15) is 0 Å². The molecule has 0 spiro atoms. The highest BCUT2D eigenvalue weighted by Crippen LogP contribution is 2.26. The molecule has 1 atom stereocenters. The Hall–Kier alpha value is -2.00. The van der Waals surface area contributed by atoms with E-state index >= 15 is 0 Å². The molecule has 0 saturated heterocycles. The molecule has 1 unspecified atom stereocenters. The van der Waals surface area contributed by atoms with Crippen LogP contribution in [0.15, 0.2) is 30.3 Å². The summed E-state index contributed by atoms with van der Waals surface area (Å²) >= 11 is 6.15. The summed E-state index contributed by atoms with van der Waals surface area (Å²) < 4.78 is 5.76. The van der Waals surface area contributed by atoms with Crippen LogP contribution in [0.3, 0.4) is 0 Å². The van der Waals surface area contributed by atoms with E-state index < -0.39 is 6.10 Å². The van der Waals surface area contributed by atoms with Crippen LogP contribution in [0.2, 0.25) is 5.02 Å². The quantitative estimate of drug-likeness (QED) is 0.858. The molecule has 0 heterocycles. The lowest BCUT2D eigenvalue weighted by Crippen LogP contribution is -2.30. The number of halogens is 1. The summed E-state index contributed by atoms with van der Waals surface area (Å²) in [6, 6.07) is 9.65. The van der Waals surface area contributed by atoms with Crippen molar-refractivity contribution in [2.45, 2.75) is 40.7 Å². The molecular weight excluding hydrogens is 310 g/mol. The fraction of sp³-hybridized carbons (Fsp3) is 0.316. The number of benzene rings is 2. The Morgan fingerprint density at radius 3 is 2.26 bits per heavy atom. The topological polar surface area (TPSA) is 38.3 Å². The minimum absolute atomic E-state index is 0.177. The van der Waals surface area contributed by atoms with Gasteiger partial charge in [-0.15, -0.1) is 0 Å². The number of hydrogen-bond acceptors (Lipinski definition) is 2. The van der Waals surface area contributed by atoms with Crippen molar-refractivity contribution in [1.82, 2.24) is 0 Å². The third kappa shape index (κ3) is 4.26. The molecule has 0 saturated carbocycles. The number of aryl methyl sites for hydroxylation is 4. The first-order valence-electron chi connectivity index (χ1n) is 7.59. The molecule has 2 aromatic carbocycles. The predicted octanol–water partition coefficient (Wildman–Crippen LogP) is 4.98. The van der Waals surface area contributed by atoms with E-state index in [0.29, 0.717) is 5.75 Å². The lowest BCUT2D eigenvalue weighted by Gasteiger charge is -2.17. The van der Waals surface area contributed by atoms with Crippen molar-refractivity contribution in [2.24, 2.45) is 0 Å². The summed E-state index contributed by atoms with van der Waals surface area (Å²) in [4.78, 5) is 12.4. The normalized spacial score (nSPS) is 11.9. The fourth-order valence-electron chi connectivity index (χ4n) is 2.34. The molecule has 0 aliphatic carbocycles. The Kier molecular flexibility index (Phi) is 5.32. The molecule has 0 aliphatic rings. The van der Waals surface area contributed by atoms with Crippen LogP contribution < -0.4 is 10.1 Å². The Labute approximate surface area is 142 Å². The smallest absolute Gasteiger partial charge is 0.265 e. The molecule has 2 aromatic rings. The van der Waals surface area contributed by atoms with E-state index in [1.54, 1.807) is 6.92 Å². The first-order valence-corrected chi connectivity index (χ1v) is 7.97. The lowest BCUT2D eigenvalue weighted by atomic mass is 10.1. The van der Waals surface area contributed by atoms with Gasteiger partial charge in [-0.1, -0.05) is 23.7 Å². The van der Waals surface area contributed by atoms with Crippen LogP contribution in [0.1, 0.15) is 29.2 Å². The third-order valence-corrected chi connectivity index (χ3v) is 4.34. The Morgan fingerprint density at radius 1 is 1.04 bits per heavy atom. The molecule has 0 aliphatic heterocycles. The highest BCUT2D eigenvalue weighted by Gasteiger charge is 2.16. The first-order chi connectivity index (χ1) is 10.8. The van der Waals surface area contributed by atoms with E-state index in [0.717, 1.165) is 33.0 Å². The van der Waals surface area contributed by atoms with Crippen molar-refractivity contribution in [3.8, 4) is 5.75 Å². The summed E-state index contributed by atoms with van der Waals surface area (Å²) in [6.45, 7) is 9.53. The number of carbonyl (C=O) groups is 1. The van der Waals surface area contributed by atoms with Gasteiger partial charge in [0.15, 0.2) is 6.10 Å². The monoisotopic (exact) mass is 331 g/mol. The highest BCUT2D eigenvalue weighted by molar-refractivity contribution is 6.32. The minimum atomic E-state index is -0.602. The molecule has 0 fully saturated rings. The van der Waals surface area contributed by atoms with E-state index in [2.05, 4.69) is 5.32 Å². The van der Waals surface area contributed by atoms with Gasteiger partial charge in [-0.3, -0.25) is 4.79 Å². The van der Waals surface area contributed by atoms with Gasteiger partial charge >= 0.3 is 0 Å². The Morgan fingerprint density at radius 2 is 1.65 bits per heavy atom. The van der Waals surface area contributed by atoms with Crippen LogP contribution >= 0.6 is 11.6 Å². The fourth-order valence-corrected chi connectivity index (χ4v) is 2.45. The number of nitrogens with one attached hydrogen (secondary N) is 1. The van der Waals surface area contributed by atoms with Gasteiger partial charge in [0.1, 0.15) is 5.75 Å². The number of carbonyl (C=O) groups excluding carboxylic acids is 1. The van der Waals surface area contributed by atoms with Gasteiger partial charge in [-0.25, -0.2) is 0 Å². The van der Waals surface area contributed by atoms with E-state index in [1.165, 1.54) is 0 Å². The van der Waals surface area contributed by atoms with Gasteiger partial charge in [0, 0.05) is 10.7 Å². The third-order valence-electron chi connectivity index (χ3n) is 3.74. The molecule has 2 rings (SSSR count). The zero-order chi connectivity index (χ0) is 17.1. The summed E-state index contributed by atoms with van der Waals surface area (Å²) in [5, 5.41) is 3.65. The second kappa shape index (κ2) is 7.05. The van der Waals surface area contributed by atoms with Crippen LogP contribution in [0.25, 0.3) is 0 Å². The molecule has 23 heavy (non-hydrogen) atoms. The standard InChI is InChI=1S/C19H22ClNO2/c1-11-6-7-12(2)17(8-11)21-19(22)15(5)23-16-9-13(3)18(20)14(4)10-16/h6-10,15H,1-5H3,(H,21,22). The second-order valence-electron chi connectivity index (χ2n) is 5.94. The average molecular weight is 332 g/mol. The summed E-state index contributed by atoms with van der Waals surface area (Å²) in [5.41, 5.74) is 4.80. The lowest BCUT2D eigenvalue weighted by molar-refractivity contribution is -0.122. The predicted molar refractivity (Wildman–Crippen MR) is 95.6 cm³/mol. The average Bonchev–Trinajstić information content (AvgIpc) is 2.48. The SMILES string of the molecule is Cc1ccc(C)c(NC(=O)C(C)Oc2cc(C)c(Cl)c(C)c2)c1. The highest BCUT2D eigenvalue weighted by atomic mass is 35.5. The maximum Gasteiger partial charge on any atom is 0.265 e. The number of ether oxygens (including phenoxy) is 1. The molecule has 0 bridgehead atoms. The summed E-state index contributed by atoms with van der Waals surface area (Å²) in [6.07, 6.45) is -0.602. The number of hydrogen-bond donors (Lipinski definition) is 1. The van der Waals surface area contributed by atoms with Crippen molar-refractivity contribution in [1.29, 1.82) is 0 Å². The van der Waals surface area contributed by atoms with E-state index in [9.17, 15) is 4.79 Å². The van der Waals surface area contributed by atoms with E-state index in [-0.39, 0.29) is 5.91 Å². The van der Waals surface area contributed by atoms with Crippen LogP contribution in [0.4, 0.5) is 5.69 Å². The zero-order valence-electron chi connectivity index (χ0n) is 14.2. The van der Waals surface area contributed by atoms with E-state index in [4.69, 9.17) is 16.3 Å². The number of rotatable bonds is 4. The molecule has 1 N–H and O–H groups in total. The maximum atomic E-state index is 12.4. The van der Waals surface area contributed by atoms with Crippen molar-refractivity contribution < 1.29 is 9.53 Å². The van der Waals surface area contributed by atoms with Gasteiger partial charge in [0.05, 0.1) is 0 Å². The zero-order valence-corrected chi connectivity index (χ0v) is 14.9. The van der Waals surface area contributed by atoms with Gasteiger partial charge in [-0.05, 0) is 75.1 Å². The largest absolute Gasteiger partial charge is 0.481 e. The van der Waals surface area contributed by atoms with Crippen molar-refractivity contribution in [3.05, 3.63) is 57.6 Å². The first kappa shape index (κ1) is 17.4. The number of amides is 1.